The molecule has 3 aromatic rings. The normalized spacial score (nSPS) is 28.0. The van der Waals surface area contributed by atoms with Crippen molar-refractivity contribution in [2.24, 2.45) is 17.3 Å². The number of alkyl halides is 2. The third kappa shape index (κ3) is 7.53. The third-order valence-electron chi connectivity index (χ3n) is 11.4. The van der Waals surface area contributed by atoms with Crippen molar-refractivity contribution in [3.63, 3.8) is 0 Å². The van der Waals surface area contributed by atoms with Gasteiger partial charge in [0.05, 0.1) is 33.8 Å². The highest BCUT2D eigenvalue weighted by molar-refractivity contribution is 7.91. The molecular formula is C38H43F2N5O8S. The van der Waals surface area contributed by atoms with Gasteiger partial charge in [-0.05, 0) is 63.5 Å². The molecule has 54 heavy (non-hydrogen) atoms. The zero-order valence-corrected chi connectivity index (χ0v) is 30.9. The summed E-state index contributed by atoms with van der Waals surface area (Å²) in [6, 6.07) is 6.72. The molecule has 5 atom stereocenters. The highest BCUT2D eigenvalue weighted by atomic mass is 32.2. The van der Waals surface area contributed by atoms with Crippen LogP contribution >= 0.6 is 0 Å². The molecule has 4 aliphatic rings. The fourth-order valence-electron chi connectivity index (χ4n) is 7.61. The molecule has 1 saturated heterocycles. The second-order valence-electron chi connectivity index (χ2n) is 15.5. The number of sulfonamides is 1. The summed E-state index contributed by atoms with van der Waals surface area (Å²) in [6.45, 7) is 2.05. The van der Waals surface area contributed by atoms with Gasteiger partial charge < -0.3 is 14.2 Å². The number of fused-ring (bicyclic) bond motifs is 3. The van der Waals surface area contributed by atoms with Gasteiger partial charge in [0.15, 0.2) is 17.3 Å². The molecule has 2 amide bonds. The largest absolute Gasteiger partial charge is 0.471 e. The van der Waals surface area contributed by atoms with Gasteiger partial charge in [0.1, 0.15) is 18.1 Å². The van der Waals surface area contributed by atoms with Crippen LogP contribution in [0.3, 0.4) is 0 Å². The molecule has 0 radical (unpaired) electrons. The van der Waals surface area contributed by atoms with Crippen LogP contribution in [0.1, 0.15) is 101 Å². The van der Waals surface area contributed by atoms with Crippen LogP contribution in [0.15, 0.2) is 53.3 Å². The summed E-state index contributed by atoms with van der Waals surface area (Å²) >= 11 is 0. The number of hydrogen-bond acceptors (Lipinski definition) is 11. The van der Waals surface area contributed by atoms with Gasteiger partial charge in [-0.2, -0.15) is 8.78 Å². The van der Waals surface area contributed by atoms with E-state index in [0.717, 1.165) is 12.8 Å². The van der Waals surface area contributed by atoms with Crippen LogP contribution in [0.2, 0.25) is 0 Å². The molecule has 2 aliphatic heterocycles. The van der Waals surface area contributed by atoms with Crippen molar-refractivity contribution in [3.05, 3.63) is 60.1 Å². The Bertz CT molecular complexity index is 2100. The topological polar surface area (TPSA) is 179 Å². The van der Waals surface area contributed by atoms with Crippen molar-refractivity contribution in [1.29, 1.82) is 0 Å². The molecule has 4 heterocycles. The summed E-state index contributed by atoms with van der Waals surface area (Å²) in [6.07, 6.45) is 7.59. The maximum atomic E-state index is 14.9. The van der Waals surface area contributed by atoms with E-state index in [4.69, 9.17) is 9.26 Å². The lowest BCUT2D eigenvalue weighted by Gasteiger charge is -2.29. The minimum atomic E-state index is -4.01. The van der Waals surface area contributed by atoms with Gasteiger partial charge in [0, 0.05) is 38.2 Å². The summed E-state index contributed by atoms with van der Waals surface area (Å²) in [5, 5.41) is 3.73. The molecule has 7 rings (SSSR count). The number of aromatic nitrogens is 3. The van der Waals surface area contributed by atoms with Gasteiger partial charge in [0.2, 0.25) is 27.7 Å². The maximum Gasteiger partial charge on any atom is 0.292 e. The van der Waals surface area contributed by atoms with E-state index in [1.807, 2.05) is 12.2 Å². The number of halogens is 2. The number of ketones is 2. The first-order valence-corrected chi connectivity index (χ1v) is 19.9. The fourth-order valence-corrected chi connectivity index (χ4v) is 8.95. The van der Waals surface area contributed by atoms with Crippen molar-refractivity contribution in [2.45, 2.75) is 107 Å². The van der Waals surface area contributed by atoms with E-state index in [0.29, 0.717) is 44.5 Å². The predicted octanol–water partition coefficient (Wildman–Crippen LogP) is 5.45. The number of nitrogens with zero attached hydrogens (tertiary/aromatic N) is 4. The quantitative estimate of drug-likeness (QED) is 0.216. The number of hydrogen-bond donors (Lipinski definition) is 1. The summed E-state index contributed by atoms with van der Waals surface area (Å²) < 4.78 is 68.3. The molecule has 1 N–H and O–H groups in total. The summed E-state index contributed by atoms with van der Waals surface area (Å²) in [5.41, 5.74) is -1.45. The van der Waals surface area contributed by atoms with E-state index >= 15 is 0 Å². The first-order valence-electron chi connectivity index (χ1n) is 18.4. The van der Waals surface area contributed by atoms with Crippen molar-refractivity contribution in [2.75, 3.05) is 6.54 Å². The highest BCUT2D eigenvalue weighted by Gasteiger charge is 2.62. The number of Topliss-reactive ketones (excluding diaryl/α,β-unsaturated/α-hetero) is 2. The Morgan fingerprint density at radius 3 is 2.52 bits per heavy atom. The van der Waals surface area contributed by atoms with Gasteiger partial charge in [-0.1, -0.05) is 42.3 Å². The van der Waals surface area contributed by atoms with Gasteiger partial charge in [-0.3, -0.25) is 23.9 Å². The smallest absolute Gasteiger partial charge is 0.292 e. The Morgan fingerprint density at radius 2 is 1.83 bits per heavy atom. The molecule has 2 aromatic heterocycles. The first-order chi connectivity index (χ1) is 25.6. The number of carbonyl (C=O) groups is 4. The molecule has 3 fully saturated rings. The second kappa shape index (κ2) is 14.2. The molecule has 2 aliphatic carbocycles. The molecule has 16 heteroatoms. The molecule has 0 unspecified atom stereocenters. The number of nitrogens with one attached hydrogen (secondary N) is 1. The van der Waals surface area contributed by atoms with Crippen LogP contribution < -0.4 is 9.46 Å². The molecule has 1 aromatic carbocycles. The van der Waals surface area contributed by atoms with Crippen LogP contribution in [0.5, 0.6) is 5.88 Å². The lowest BCUT2D eigenvalue weighted by molar-refractivity contribution is -0.142. The first kappa shape index (κ1) is 37.7. The average molecular weight is 768 g/mol. The molecule has 288 valence electrons. The Labute approximate surface area is 311 Å². The van der Waals surface area contributed by atoms with Gasteiger partial charge in [0.25, 0.3) is 5.92 Å². The monoisotopic (exact) mass is 767 g/mol. The van der Waals surface area contributed by atoms with Crippen molar-refractivity contribution >= 4 is 44.4 Å². The zero-order valence-electron chi connectivity index (χ0n) is 30.1. The highest BCUT2D eigenvalue weighted by Crippen LogP contribution is 2.57. The van der Waals surface area contributed by atoms with Crippen LogP contribution in [-0.4, -0.2) is 75.3 Å². The minimum absolute atomic E-state index is 0.0599. The number of allylic oxidation sites excluding steroid dienone is 2. The number of ether oxygens (including phenoxy) is 1. The summed E-state index contributed by atoms with van der Waals surface area (Å²) in [7, 11) is -4.01. The number of para-hydroxylation sites is 2. The number of carbonyl (C=O) groups excluding carboxylic acids is 4. The van der Waals surface area contributed by atoms with Crippen molar-refractivity contribution in [3.8, 4) is 5.88 Å². The van der Waals surface area contributed by atoms with E-state index in [2.05, 4.69) is 19.8 Å². The Kier molecular flexibility index (Phi) is 9.94. The molecule has 2 saturated carbocycles. The van der Waals surface area contributed by atoms with Gasteiger partial charge in [-0.15, -0.1) is 0 Å². The maximum absolute atomic E-state index is 14.9. The van der Waals surface area contributed by atoms with E-state index in [-0.39, 0.29) is 43.4 Å². The number of benzene rings is 1. The standard InChI is InChI=1S/C38H43F2N5O8S/c1-36(15-16-36)54(50,51)44-35(49)38-20-24(38)11-7-5-3-4-6-10-23(18-30(46)28-14-17-52-43-28)34(48)45-22-25(19-29(45)31(47)21-38)53-33-32(37(2,39)40)41-26-12-8-9-13-27(26)42-33/h7-9,11-14,17,23-25,29H,3-6,10,15-16,18-22H2,1-2H3,(H,44,49)/b11-7-/t23-,24-,25-,29+,38-/m1/s1. The predicted molar refractivity (Wildman–Crippen MR) is 190 cm³/mol. The Balaban J connectivity index is 1.22. The number of amides is 2. The Morgan fingerprint density at radius 1 is 1.09 bits per heavy atom. The second-order valence-corrected chi connectivity index (χ2v) is 17.7. The van der Waals surface area contributed by atoms with Gasteiger partial charge in [-0.25, -0.2) is 18.4 Å². The van der Waals surface area contributed by atoms with Crippen molar-refractivity contribution < 1.29 is 45.6 Å². The SMILES string of the molecule is CC(F)(F)c1nc2ccccc2nc1O[C@@H]1C[C@H]2C(=O)C[C@]3(C(=O)NS(=O)(=O)C4(C)CC4)C[C@H]3/C=C\CCCCC[C@H](CC(=O)c3ccon3)C(=O)N2C1. The van der Waals surface area contributed by atoms with Crippen molar-refractivity contribution in [1.82, 2.24) is 24.7 Å². The lowest BCUT2D eigenvalue weighted by atomic mass is 9.90. The van der Waals surface area contributed by atoms with Gasteiger partial charge >= 0.3 is 0 Å². The summed E-state index contributed by atoms with van der Waals surface area (Å²) in [5.74, 6) is -7.31. The molecule has 0 spiro atoms. The molecule has 13 nitrogen and oxygen atoms in total. The van der Waals surface area contributed by atoms with E-state index in [1.54, 1.807) is 31.2 Å². The minimum Gasteiger partial charge on any atom is -0.471 e. The zero-order chi connectivity index (χ0) is 38.5. The fraction of sp³-hybridized carbons (Fsp3) is 0.553. The third-order valence-corrected chi connectivity index (χ3v) is 13.5. The Hall–Kier alpha value is -4.60. The van der Waals surface area contributed by atoms with Crippen LogP contribution in [0.4, 0.5) is 8.78 Å². The lowest BCUT2D eigenvalue weighted by Crippen LogP contribution is -2.47. The van der Waals surface area contributed by atoms with E-state index in [9.17, 15) is 36.4 Å². The van der Waals surface area contributed by atoms with E-state index in [1.165, 1.54) is 17.2 Å². The number of rotatable bonds is 9. The molecule has 0 bridgehead atoms. The van der Waals surface area contributed by atoms with E-state index < -0.39 is 85.0 Å². The van der Waals surface area contributed by atoms with Crippen LogP contribution in [-0.2, 0) is 30.3 Å². The van der Waals surface area contributed by atoms with Crippen LogP contribution in [0, 0.1) is 17.3 Å². The summed E-state index contributed by atoms with van der Waals surface area (Å²) in [4.78, 5) is 65.9. The average Bonchev–Trinajstić information content (AvgIpc) is 3.87. The molecular weight excluding hydrogens is 725 g/mol. The van der Waals surface area contributed by atoms with Crippen LogP contribution in [0.25, 0.3) is 11.0 Å².